The van der Waals surface area contributed by atoms with Crippen molar-refractivity contribution in [2.75, 3.05) is 0 Å². The van der Waals surface area contributed by atoms with Crippen molar-refractivity contribution in [3.05, 3.63) is 0 Å². The van der Waals surface area contributed by atoms with E-state index in [0.29, 0.717) is 0 Å². The van der Waals surface area contributed by atoms with Gasteiger partial charge in [-0.1, -0.05) is 12.8 Å². The van der Waals surface area contributed by atoms with Gasteiger partial charge >= 0.3 is 6.18 Å². The van der Waals surface area contributed by atoms with Crippen LogP contribution in [0.15, 0.2) is 0 Å². The molecule has 0 spiro atoms. The van der Waals surface area contributed by atoms with Crippen molar-refractivity contribution in [3.8, 4) is 0 Å². The molecule has 90 valence electrons. The molecule has 1 N–H and O–H groups in total. The second-order valence-corrected chi connectivity index (χ2v) is 4.81. The molecule has 0 aromatic carbocycles. The highest BCUT2D eigenvalue weighted by molar-refractivity contribution is 4.85. The van der Waals surface area contributed by atoms with E-state index in [1.807, 2.05) is 0 Å². The third-order valence-electron chi connectivity index (χ3n) is 3.38. The molecule has 4 heteroatoms. The molecule has 0 bridgehead atoms. The zero-order chi connectivity index (χ0) is 11.5. The average Bonchev–Trinajstić information content (AvgIpc) is 2.52. The van der Waals surface area contributed by atoms with Gasteiger partial charge in [0.1, 0.15) is 0 Å². The number of hydrogen-bond acceptors (Lipinski definition) is 1. The lowest BCUT2D eigenvalue weighted by molar-refractivity contribution is -0.138. The van der Waals surface area contributed by atoms with Gasteiger partial charge < -0.3 is 5.11 Å². The van der Waals surface area contributed by atoms with Crippen molar-refractivity contribution >= 4 is 0 Å². The Morgan fingerprint density at radius 3 is 2.13 bits per heavy atom. The zero-order valence-corrected chi connectivity index (χ0v) is 9.11. The molecule has 1 aliphatic carbocycles. The Hall–Kier alpha value is -0.250. The van der Waals surface area contributed by atoms with E-state index in [2.05, 4.69) is 0 Å². The Morgan fingerprint density at radius 2 is 1.67 bits per heavy atom. The average molecular weight is 224 g/mol. The van der Waals surface area contributed by atoms with E-state index >= 15 is 0 Å². The fourth-order valence-corrected chi connectivity index (χ4v) is 2.40. The normalized spacial score (nSPS) is 23.0. The first-order chi connectivity index (χ1) is 6.81. The molecule has 0 heterocycles. The van der Waals surface area contributed by atoms with E-state index in [-0.39, 0.29) is 18.8 Å². The van der Waals surface area contributed by atoms with Crippen molar-refractivity contribution in [2.45, 2.75) is 63.6 Å². The predicted octanol–water partition coefficient (Wildman–Crippen LogP) is 3.66. The minimum absolute atomic E-state index is 0.0347. The molecule has 1 nitrogen and oxygen atoms in total. The third kappa shape index (κ3) is 4.41. The summed E-state index contributed by atoms with van der Waals surface area (Å²) in [5, 5.41) is 10.0. The van der Waals surface area contributed by atoms with Crippen LogP contribution >= 0.6 is 0 Å². The Balaban J connectivity index is 2.29. The van der Waals surface area contributed by atoms with Gasteiger partial charge in [-0.25, -0.2) is 0 Å². The van der Waals surface area contributed by atoms with Gasteiger partial charge in [0, 0.05) is 6.42 Å². The first-order valence-electron chi connectivity index (χ1n) is 5.60. The van der Waals surface area contributed by atoms with Gasteiger partial charge in [-0.15, -0.1) is 0 Å². The van der Waals surface area contributed by atoms with Crippen LogP contribution in [0.25, 0.3) is 0 Å². The number of hydrogen-bond donors (Lipinski definition) is 1. The minimum Gasteiger partial charge on any atom is -0.390 e. The highest BCUT2D eigenvalue weighted by Gasteiger charge is 2.35. The van der Waals surface area contributed by atoms with Crippen LogP contribution in [0, 0.1) is 5.92 Å². The van der Waals surface area contributed by atoms with Crippen LogP contribution in [0.4, 0.5) is 13.2 Å². The molecule has 1 saturated carbocycles. The molecule has 0 amide bonds. The molecule has 0 radical (unpaired) electrons. The fourth-order valence-electron chi connectivity index (χ4n) is 2.40. The SMILES string of the molecule is CC(O)(CCCC(F)(F)F)C1CCCC1. The Kier molecular flexibility index (Phi) is 4.04. The number of halogens is 3. The van der Waals surface area contributed by atoms with Gasteiger partial charge in [0.15, 0.2) is 0 Å². The van der Waals surface area contributed by atoms with Gasteiger partial charge in [0.05, 0.1) is 5.60 Å². The molecule has 1 fully saturated rings. The van der Waals surface area contributed by atoms with Gasteiger partial charge in [-0.3, -0.25) is 0 Å². The van der Waals surface area contributed by atoms with E-state index in [1.54, 1.807) is 6.92 Å². The molecule has 0 aliphatic heterocycles. The van der Waals surface area contributed by atoms with Crippen LogP contribution in [-0.2, 0) is 0 Å². The summed E-state index contributed by atoms with van der Waals surface area (Å²) in [5.74, 6) is 0.200. The lowest BCUT2D eigenvalue weighted by Gasteiger charge is -2.30. The lowest BCUT2D eigenvalue weighted by Crippen LogP contribution is -2.33. The third-order valence-corrected chi connectivity index (χ3v) is 3.38. The molecular weight excluding hydrogens is 205 g/mol. The molecule has 0 saturated heterocycles. The van der Waals surface area contributed by atoms with E-state index in [4.69, 9.17) is 0 Å². The molecule has 1 atom stereocenters. The van der Waals surface area contributed by atoms with E-state index in [1.165, 1.54) is 0 Å². The lowest BCUT2D eigenvalue weighted by atomic mass is 9.83. The topological polar surface area (TPSA) is 20.2 Å². The molecule has 1 rings (SSSR count). The number of aliphatic hydroxyl groups is 1. The summed E-state index contributed by atoms with van der Waals surface area (Å²) in [5.41, 5.74) is -0.901. The predicted molar refractivity (Wildman–Crippen MR) is 52.5 cm³/mol. The molecule has 0 aromatic heterocycles. The highest BCUT2D eigenvalue weighted by atomic mass is 19.4. The summed E-state index contributed by atoms with van der Waals surface area (Å²) in [6, 6.07) is 0. The van der Waals surface area contributed by atoms with E-state index < -0.39 is 18.2 Å². The van der Waals surface area contributed by atoms with Crippen LogP contribution in [0.5, 0.6) is 0 Å². The summed E-state index contributed by atoms with van der Waals surface area (Å²) in [4.78, 5) is 0. The van der Waals surface area contributed by atoms with Gasteiger partial charge in [0.2, 0.25) is 0 Å². The first-order valence-corrected chi connectivity index (χ1v) is 5.60. The summed E-state index contributed by atoms with van der Waals surface area (Å²) < 4.78 is 35.8. The summed E-state index contributed by atoms with van der Waals surface area (Å²) >= 11 is 0. The second-order valence-electron chi connectivity index (χ2n) is 4.81. The number of rotatable bonds is 4. The molecular formula is C11H19F3O. The number of alkyl halides is 3. The van der Waals surface area contributed by atoms with Crippen LogP contribution in [-0.4, -0.2) is 16.9 Å². The zero-order valence-electron chi connectivity index (χ0n) is 9.11. The smallest absolute Gasteiger partial charge is 0.389 e. The Morgan fingerprint density at radius 1 is 1.13 bits per heavy atom. The molecule has 15 heavy (non-hydrogen) atoms. The van der Waals surface area contributed by atoms with Crippen LogP contribution in [0.3, 0.4) is 0 Å². The largest absolute Gasteiger partial charge is 0.390 e. The summed E-state index contributed by atoms with van der Waals surface area (Å²) in [6.07, 6.45) is -0.468. The van der Waals surface area contributed by atoms with E-state index in [9.17, 15) is 18.3 Å². The van der Waals surface area contributed by atoms with Crippen LogP contribution in [0.1, 0.15) is 51.9 Å². The van der Waals surface area contributed by atoms with Crippen molar-refractivity contribution in [1.82, 2.24) is 0 Å². The van der Waals surface area contributed by atoms with Gasteiger partial charge in [-0.2, -0.15) is 13.2 Å². The second kappa shape index (κ2) is 4.73. The Labute approximate surface area is 88.7 Å². The van der Waals surface area contributed by atoms with Crippen molar-refractivity contribution in [1.29, 1.82) is 0 Å². The van der Waals surface area contributed by atoms with Crippen molar-refractivity contribution in [2.24, 2.45) is 5.92 Å². The standard InChI is InChI=1S/C11H19F3O/c1-10(15,9-5-2-3-6-9)7-4-8-11(12,13)14/h9,15H,2-8H2,1H3. The van der Waals surface area contributed by atoms with E-state index in [0.717, 1.165) is 25.7 Å². The van der Waals surface area contributed by atoms with Crippen LogP contribution in [0.2, 0.25) is 0 Å². The van der Waals surface area contributed by atoms with Gasteiger partial charge in [0.25, 0.3) is 0 Å². The maximum absolute atomic E-state index is 11.9. The monoisotopic (exact) mass is 224 g/mol. The quantitative estimate of drug-likeness (QED) is 0.772. The Bertz CT molecular complexity index is 192. The minimum atomic E-state index is -4.09. The van der Waals surface area contributed by atoms with Gasteiger partial charge in [-0.05, 0) is 38.5 Å². The first kappa shape index (κ1) is 12.8. The van der Waals surface area contributed by atoms with Crippen molar-refractivity contribution < 1.29 is 18.3 Å². The maximum atomic E-state index is 11.9. The molecule has 1 aliphatic rings. The van der Waals surface area contributed by atoms with Crippen molar-refractivity contribution in [3.63, 3.8) is 0 Å². The summed E-state index contributed by atoms with van der Waals surface area (Å²) in [7, 11) is 0. The highest BCUT2D eigenvalue weighted by Crippen LogP contribution is 2.37. The molecule has 0 aromatic rings. The van der Waals surface area contributed by atoms with Crippen LogP contribution < -0.4 is 0 Å². The maximum Gasteiger partial charge on any atom is 0.389 e. The molecule has 1 unspecified atom stereocenters. The fraction of sp³-hybridized carbons (Fsp3) is 1.00. The summed E-state index contributed by atoms with van der Waals surface area (Å²) in [6.45, 7) is 1.68.